The van der Waals surface area contributed by atoms with Crippen molar-refractivity contribution in [2.75, 3.05) is 19.8 Å². The zero-order chi connectivity index (χ0) is 10.5. The number of rotatable bonds is 6. The Balaban J connectivity index is 1.65. The van der Waals surface area contributed by atoms with Crippen LogP contribution < -0.4 is 5.32 Å². The van der Waals surface area contributed by atoms with Crippen molar-refractivity contribution >= 4 is 0 Å². The van der Waals surface area contributed by atoms with Crippen LogP contribution in [0.2, 0.25) is 0 Å². The molecule has 0 radical (unpaired) electrons. The standard InChI is InChI=1S/C13H25NO/c1-2-14-13(12-4-5-12)6-3-11-7-9-15-10-8-11/h11-14H,2-10H2,1H3. The van der Waals surface area contributed by atoms with E-state index < -0.39 is 0 Å². The molecular weight excluding hydrogens is 186 g/mol. The van der Waals surface area contributed by atoms with Gasteiger partial charge < -0.3 is 10.1 Å². The highest BCUT2D eigenvalue weighted by atomic mass is 16.5. The highest BCUT2D eigenvalue weighted by molar-refractivity contribution is 4.86. The molecule has 1 aliphatic heterocycles. The summed E-state index contributed by atoms with van der Waals surface area (Å²) < 4.78 is 5.40. The van der Waals surface area contributed by atoms with E-state index in [0.717, 1.165) is 37.6 Å². The minimum absolute atomic E-state index is 0.817. The number of ether oxygens (including phenoxy) is 1. The molecular formula is C13H25NO. The van der Waals surface area contributed by atoms with Crippen LogP contribution in [0, 0.1) is 11.8 Å². The van der Waals surface area contributed by atoms with E-state index in [0.29, 0.717) is 0 Å². The molecule has 1 saturated heterocycles. The summed E-state index contributed by atoms with van der Waals surface area (Å²) in [5.41, 5.74) is 0. The fraction of sp³-hybridized carbons (Fsp3) is 1.00. The molecule has 0 spiro atoms. The van der Waals surface area contributed by atoms with Gasteiger partial charge in [0.25, 0.3) is 0 Å². The summed E-state index contributed by atoms with van der Waals surface area (Å²) in [5, 5.41) is 3.65. The third-order valence-corrected chi connectivity index (χ3v) is 3.88. The van der Waals surface area contributed by atoms with Crippen LogP contribution in [0.5, 0.6) is 0 Å². The smallest absolute Gasteiger partial charge is 0.0468 e. The van der Waals surface area contributed by atoms with E-state index in [9.17, 15) is 0 Å². The Bertz CT molecular complexity index is 173. The summed E-state index contributed by atoms with van der Waals surface area (Å²) >= 11 is 0. The third kappa shape index (κ3) is 3.76. The van der Waals surface area contributed by atoms with Crippen molar-refractivity contribution in [2.45, 2.75) is 51.5 Å². The van der Waals surface area contributed by atoms with E-state index >= 15 is 0 Å². The Kier molecular flexibility index (Phi) is 4.45. The van der Waals surface area contributed by atoms with Gasteiger partial charge in [0.15, 0.2) is 0 Å². The quantitative estimate of drug-likeness (QED) is 0.729. The Morgan fingerprint density at radius 1 is 1.20 bits per heavy atom. The van der Waals surface area contributed by atoms with E-state index in [1.807, 2.05) is 0 Å². The minimum atomic E-state index is 0.817. The molecule has 2 rings (SSSR count). The van der Waals surface area contributed by atoms with E-state index in [4.69, 9.17) is 4.74 Å². The Labute approximate surface area is 93.8 Å². The average molecular weight is 211 g/mol. The molecule has 1 atom stereocenters. The lowest BCUT2D eigenvalue weighted by Crippen LogP contribution is -2.31. The molecule has 0 bridgehead atoms. The first-order valence-electron chi connectivity index (χ1n) is 6.71. The van der Waals surface area contributed by atoms with Crippen molar-refractivity contribution in [3.8, 4) is 0 Å². The van der Waals surface area contributed by atoms with Crippen molar-refractivity contribution in [3.63, 3.8) is 0 Å². The average Bonchev–Trinajstić information content (AvgIpc) is 3.09. The second-order valence-electron chi connectivity index (χ2n) is 5.13. The summed E-state index contributed by atoms with van der Waals surface area (Å²) in [6, 6.07) is 0.817. The summed E-state index contributed by atoms with van der Waals surface area (Å²) in [7, 11) is 0. The Morgan fingerprint density at radius 2 is 1.93 bits per heavy atom. The molecule has 1 unspecified atom stereocenters. The molecule has 88 valence electrons. The van der Waals surface area contributed by atoms with Gasteiger partial charge in [0, 0.05) is 19.3 Å². The second kappa shape index (κ2) is 5.86. The SMILES string of the molecule is CCNC(CCC1CCOCC1)C1CC1. The lowest BCUT2D eigenvalue weighted by Gasteiger charge is -2.24. The van der Waals surface area contributed by atoms with Crippen molar-refractivity contribution in [1.82, 2.24) is 5.32 Å². The third-order valence-electron chi connectivity index (χ3n) is 3.88. The van der Waals surface area contributed by atoms with Crippen LogP contribution in [-0.4, -0.2) is 25.8 Å². The van der Waals surface area contributed by atoms with Gasteiger partial charge in [-0.3, -0.25) is 0 Å². The van der Waals surface area contributed by atoms with Gasteiger partial charge in [-0.2, -0.15) is 0 Å². The molecule has 2 aliphatic rings. The molecule has 2 heteroatoms. The van der Waals surface area contributed by atoms with E-state index in [1.165, 1.54) is 38.5 Å². The van der Waals surface area contributed by atoms with Crippen LogP contribution in [0.3, 0.4) is 0 Å². The van der Waals surface area contributed by atoms with Gasteiger partial charge in [0.1, 0.15) is 0 Å². The predicted octanol–water partition coefficient (Wildman–Crippen LogP) is 2.58. The maximum atomic E-state index is 5.40. The fourth-order valence-corrected chi connectivity index (χ4v) is 2.72. The van der Waals surface area contributed by atoms with Gasteiger partial charge in [-0.25, -0.2) is 0 Å². The Morgan fingerprint density at radius 3 is 2.53 bits per heavy atom. The highest BCUT2D eigenvalue weighted by Crippen LogP contribution is 2.35. The van der Waals surface area contributed by atoms with Gasteiger partial charge in [-0.15, -0.1) is 0 Å². The second-order valence-corrected chi connectivity index (χ2v) is 5.13. The van der Waals surface area contributed by atoms with Gasteiger partial charge in [-0.1, -0.05) is 6.92 Å². The molecule has 15 heavy (non-hydrogen) atoms. The topological polar surface area (TPSA) is 21.3 Å². The van der Waals surface area contributed by atoms with Crippen molar-refractivity contribution in [2.24, 2.45) is 11.8 Å². The summed E-state index contributed by atoms with van der Waals surface area (Å²) in [5.74, 6) is 1.95. The number of hydrogen-bond donors (Lipinski definition) is 1. The molecule has 0 aromatic carbocycles. The summed E-state index contributed by atoms with van der Waals surface area (Å²) in [6.07, 6.45) is 8.32. The molecule has 0 amide bonds. The maximum Gasteiger partial charge on any atom is 0.0468 e. The predicted molar refractivity (Wildman–Crippen MR) is 63.0 cm³/mol. The molecule has 2 fully saturated rings. The van der Waals surface area contributed by atoms with Crippen molar-refractivity contribution < 1.29 is 4.74 Å². The van der Waals surface area contributed by atoms with Crippen molar-refractivity contribution in [3.05, 3.63) is 0 Å². The van der Waals surface area contributed by atoms with E-state index in [-0.39, 0.29) is 0 Å². The molecule has 1 heterocycles. The lowest BCUT2D eigenvalue weighted by atomic mass is 9.92. The highest BCUT2D eigenvalue weighted by Gasteiger charge is 2.30. The van der Waals surface area contributed by atoms with Gasteiger partial charge in [0.2, 0.25) is 0 Å². The van der Waals surface area contributed by atoms with E-state index in [1.54, 1.807) is 0 Å². The number of nitrogens with one attached hydrogen (secondary N) is 1. The normalized spacial score (nSPS) is 25.4. The molecule has 1 N–H and O–H groups in total. The zero-order valence-electron chi connectivity index (χ0n) is 10.0. The maximum absolute atomic E-state index is 5.40. The van der Waals surface area contributed by atoms with Gasteiger partial charge in [-0.05, 0) is 56.9 Å². The largest absolute Gasteiger partial charge is 0.381 e. The molecule has 1 saturated carbocycles. The van der Waals surface area contributed by atoms with Crippen LogP contribution in [0.4, 0.5) is 0 Å². The summed E-state index contributed by atoms with van der Waals surface area (Å²) in [6.45, 7) is 5.36. The first kappa shape index (κ1) is 11.4. The lowest BCUT2D eigenvalue weighted by molar-refractivity contribution is 0.0622. The minimum Gasteiger partial charge on any atom is -0.381 e. The van der Waals surface area contributed by atoms with Crippen LogP contribution in [-0.2, 0) is 4.74 Å². The van der Waals surface area contributed by atoms with Crippen LogP contribution in [0.25, 0.3) is 0 Å². The fourth-order valence-electron chi connectivity index (χ4n) is 2.72. The van der Waals surface area contributed by atoms with Crippen LogP contribution >= 0.6 is 0 Å². The molecule has 2 nitrogen and oxygen atoms in total. The molecule has 0 aromatic rings. The van der Waals surface area contributed by atoms with Crippen LogP contribution in [0.15, 0.2) is 0 Å². The van der Waals surface area contributed by atoms with E-state index in [2.05, 4.69) is 12.2 Å². The Hall–Kier alpha value is -0.0800. The van der Waals surface area contributed by atoms with Gasteiger partial charge >= 0.3 is 0 Å². The van der Waals surface area contributed by atoms with Gasteiger partial charge in [0.05, 0.1) is 0 Å². The molecule has 0 aromatic heterocycles. The first-order chi connectivity index (χ1) is 7.40. The summed E-state index contributed by atoms with van der Waals surface area (Å²) in [4.78, 5) is 0. The first-order valence-corrected chi connectivity index (χ1v) is 6.71. The van der Waals surface area contributed by atoms with Crippen LogP contribution in [0.1, 0.15) is 45.4 Å². The molecule has 1 aliphatic carbocycles. The number of hydrogen-bond acceptors (Lipinski definition) is 2. The zero-order valence-corrected chi connectivity index (χ0v) is 10.0. The van der Waals surface area contributed by atoms with Crippen molar-refractivity contribution in [1.29, 1.82) is 0 Å². The monoisotopic (exact) mass is 211 g/mol.